The largest absolute Gasteiger partial charge is 0.497 e. The molecule has 4 aromatic rings. The summed E-state index contributed by atoms with van der Waals surface area (Å²) in [5.41, 5.74) is 3.64. The number of imidazole rings is 1. The predicted octanol–water partition coefficient (Wildman–Crippen LogP) is 4.29. The van der Waals surface area contributed by atoms with Crippen LogP contribution in [0.2, 0.25) is 0 Å². The van der Waals surface area contributed by atoms with Crippen LogP contribution in [0.15, 0.2) is 90.3 Å². The number of ether oxygens (including phenoxy) is 2. The number of aromatic nitrogens is 2. The zero-order chi connectivity index (χ0) is 24.8. The molecule has 0 N–H and O–H groups in total. The van der Waals surface area contributed by atoms with Crippen molar-refractivity contribution in [1.29, 1.82) is 0 Å². The molecule has 0 amide bonds. The summed E-state index contributed by atoms with van der Waals surface area (Å²) in [6.45, 7) is 0.174. The zero-order valence-corrected chi connectivity index (χ0v) is 20.4. The molecule has 0 saturated heterocycles. The molecule has 0 bridgehead atoms. The number of ketones is 1. The van der Waals surface area contributed by atoms with E-state index in [9.17, 15) is 4.79 Å². The van der Waals surface area contributed by atoms with E-state index in [-0.39, 0.29) is 12.3 Å². The molecule has 35 heavy (non-hydrogen) atoms. The zero-order valence-electron chi connectivity index (χ0n) is 20.4. The molecule has 7 heteroatoms. The molecule has 1 aromatic heterocycles. The maximum atomic E-state index is 13.0. The lowest BCUT2D eigenvalue weighted by molar-refractivity contribution is -0.671. The van der Waals surface area contributed by atoms with E-state index in [0.717, 1.165) is 28.4 Å². The SMILES string of the molecule is COc1ccc(C(=O)C[n+]2ccn(/N=C\c3ccc(N(C)C)cc3)c2-c2ccc(OC)cc2)cc1. The first-order valence-corrected chi connectivity index (χ1v) is 11.2. The van der Waals surface area contributed by atoms with Crippen molar-refractivity contribution in [3.63, 3.8) is 0 Å². The molecule has 4 rings (SSSR count). The topological polar surface area (TPSA) is 59.9 Å². The second-order valence-corrected chi connectivity index (χ2v) is 8.20. The van der Waals surface area contributed by atoms with Gasteiger partial charge < -0.3 is 14.4 Å². The molecule has 0 saturated carbocycles. The van der Waals surface area contributed by atoms with Gasteiger partial charge in [-0.2, -0.15) is 0 Å². The van der Waals surface area contributed by atoms with Gasteiger partial charge in [-0.25, -0.2) is 4.57 Å². The Balaban J connectivity index is 1.66. The van der Waals surface area contributed by atoms with E-state index in [1.807, 2.05) is 73.7 Å². The summed E-state index contributed by atoms with van der Waals surface area (Å²) in [7, 11) is 7.26. The average molecular weight is 470 g/mol. The number of rotatable bonds is 9. The summed E-state index contributed by atoms with van der Waals surface area (Å²) in [6.07, 6.45) is 5.53. The molecule has 0 aliphatic heterocycles. The third kappa shape index (κ3) is 5.58. The van der Waals surface area contributed by atoms with Crippen molar-refractivity contribution >= 4 is 17.7 Å². The van der Waals surface area contributed by atoms with Gasteiger partial charge in [-0.05, 0) is 66.2 Å². The first kappa shape index (κ1) is 23.8. The van der Waals surface area contributed by atoms with Crippen molar-refractivity contribution in [3.05, 3.63) is 96.3 Å². The molecule has 0 radical (unpaired) electrons. The van der Waals surface area contributed by atoms with Gasteiger partial charge in [0.25, 0.3) is 0 Å². The van der Waals surface area contributed by atoms with Crippen molar-refractivity contribution in [3.8, 4) is 22.9 Å². The Hall–Kier alpha value is -4.39. The molecule has 0 fully saturated rings. The molecule has 0 spiro atoms. The molecule has 0 atom stereocenters. The Kier molecular flexibility index (Phi) is 7.26. The van der Waals surface area contributed by atoms with Crippen molar-refractivity contribution in [2.75, 3.05) is 33.2 Å². The molecular weight excluding hydrogens is 440 g/mol. The van der Waals surface area contributed by atoms with Crippen molar-refractivity contribution < 1.29 is 18.8 Å². The fourth-order valence-electron chi connectivity index (χ4n) is 3.69. The highest BCUT2D eigenvalue weighted by atomic mass is 16.5. The Morgan fingerprint density at radius 3 is 2.09 bits per heavy atom. The third-order valence-corrected chi connectivity index (χ3v) is 5.69. The van der Waals surface area contributed by atoms with Crippen LogP contribution in [0.25, 0.3) is 11.4 Å². The van der Waals surface area contributed by atoms with Gasteiger partial charge in [-0.3, -0.25) is 4.79 Å². The van der Waals surface area contributed by atoms with Crippen LogP contribution in [-0.4, -0.2) is 45.0 Å². The van der Waals surface area contributed by atoms with E-state index in [2.05, 4.69) is 17.0 Å². The Bertz CT molecular complexity index is 1310. The number of benzene rings is 3. The molecule has 1 heterocycles. The number of anilines is 1. The van der Waals surface area contributed by atoms with Crippen molar-refractivity contribution in [2.24, 2.45) is 5.10 Å². The lowest BCUT2D eigenvalue weighted by Crippen LogP contribution is -2.38. The lowest BCUT2D eigenvalue weighted by Gasteiger charge is -2.11. The summed E-state index contributed by atoms with van der Waals surface area (Å²) in [4.78, 5) is 15.1. The second-order valence-electron chi connectivity index (χ2n) is 8.20. The molecule has 3 aromatic carbocycles. The van der Waals surface area contributed by atoms with Gasteiger partial charge in [-0.1, -0.05) is 17.2 Å². The fraction of sp³-hybridized carbons (Fsp3) is 0.179. The second kappa shape index (κ2) is 10.7. The van der Waals surface area contributed by atoms with Crippen molar-refractivity contribution in [1.82, 2.24) is 4.68 Å². The number of methoxy groups -OCH3 is 2. The summed E-state index contributed by atoms with van der Waals surface area (Å²) in [6, 6.07) is 23.0. The quantitative estimate of drug-likeness (QED) is 0.208. The number of hydrogen-bond donors (Lipinski definition) is 0. The minimum atomic E-state index is -0.00609. The number of nitrogens with zero attached hydrogens (tertiary/aromatic N) is 4. The fourth-order valence-corrected chi connectivity index (χ4v) is 3.69. The predicted molar refractivity (Wildman–Crippen MR) is 138 cm³/mol. The van der Waals surface area contributed by atoms with Crippen LogP contribution < -0.4 is 18.9 Å². The molecule has 178 valence electrons. The van der Waals surface area contributed by atoms with Crippen LogP contribution in [-0.2, 0) is 6.54 Å². The van der Waals surface area contributed by atoms with Gasteiger partial charge in [0.1, 0.15) is 17.7 Å². The van der Waals surface area contributed by atoms with Crippen LogP contribution >= 0.6 is 0 Å². The maximum Gasteiger partial charge on any atom is 0.314 e. The first-order valence-electron chi connectivity index (χ1n) is 11.2. The number of carbonyl (C=O) groups excluding carboxylic acids is 1. The third-order valence-electron chi connectivity index (χ3n) is 5.69. The Morgan fingerprint density at radius 2 is 1.51 bits per heavy atom. The summed E-state index contributed by atoms with van der Waals surface area (Å²) >= 11 is 0. The van der Waals surface area contributed by atoms with Gasteiger partial charge in [0, 0.05) is 25.3 Å². The Morgan fingerprint density at radius 1 is 0.914 bits per heavy atom. The van der Waals surface area contributed by atoms with Gasteiger partial charge in [0.05, 0.1) is 26.0 Å². The number of carbonyl (C=O) groups is 1. The molecule has 7 nitrogen and oxygen atoms in total. The van der Waals surface area contributed by atoms with Gasteiger partial charge in [-0.15, -0.1) is 4.68 Å². The minimum Gasteiger partial charge on any atom is -0.497 e. The van der Waals surface area contributed by atoms with E-state index in [0.29, 0.717) is 11.3 Å². The van der Waals surface area contributed by atoms with Crippen molar-refractivity contribution in [2.45, 2.75) is 6.54 Å². The summed E-state index contributed by atoms with van der Waals surface area (Å²) in [5, 5.41) is 4.69. The molecule has 0 aliphatic carbocycles. The molecular formula is C28H29N4O3+. The van der Waals surface area contributed by atoms with E-state index in [4.69, 9.17) is 14.6 Å². The maximum absolute atomic E-state index is 13.0. The van der Waals surface area contributed by atoms with E-state index >= 15 is 0 Å². The minimum absolute atomic E-state index is 0.00609. The number of Topliss-reactive ketones (excluding diaryl/α,β-unsaturated/α-hetero) is 1. The van der Waals surface area contributed by atoms with Crippen LogP contribution in [0.3, 0.4) is 0 Å². The number of hydrogen-bond acceptors (Lipinski definition) is 5. The van der Waals surface area contributed by atoms with Gasteiger partial charge in [0.2, 0.25) is 5.78 Å². The highest BCUT2D eigenvalue weighted by Gasteiger charge is 2.22. The van der Waals surface area contributed by atoms with Crippen LogP contribution in [0, 0.1) is 0 Å². The van der Waals surface area contributed by atoms with E-state index in [1.165, 1.54) is 0 Å². The summed E-state index contributed by atoms with van der Waals surface area (Å²) < 4.78 is 14.2. The first-order chi connectivity index (χ1) is 17.0. The lowest BCUT2D eigenvalue weighted by atomic mass is 10.1. The van der Waals surface area contributed by atoms with E-state index in [1.54, 1.807) is 43.2 Å². The van der Waals surface area contributed by atoms with E-state index < -0.39 is 0 Å². The standard InChI is InChI=1S/C28H29N4O3/c1-30(2)24-11-5-21(6-12-24)19-29-32-18-17-31(28(32)23-9-15-26(35-4)16-10-23)20-27(33)22-7-13-25(34-3)14-8-22/h5-19H,20H2,1-4H3/q+1/b29-19-. The molecule has 0 unspecified atom stereocenters. The normalized spacial score (nSPS) is 11.0. The smallest absolute Gasteiger partial charge is 0.314 e. The van der Waals surface area contributed by atoms with Gasteiger partial charge >= 0.3 is 5.82 Å². The Labute approximate surface area is 205 Å². The van der Waals surface area contributed by atoms with Crippen LogP contribution in [0.1, 0.15) is 15.9 Å². The summed E-state index contributed by atoms with van der Waals surface area (Å²) in [5.74, 6) is 2.26. The average Bonchev–Trinajstić information content (AvgIpc) is 3.29. The van der Waals surface area contributed by atoms with Gasteiger partial charge in [0.15, 0.2) is 12.7 Å². The highest BCUT2D eigenvalue weighted by molar-refractivity contribution is 5.95. The van der Waals surface area contributed by atoms with Crippen LogP contribution in [0.4, 0.5) is 5.69 Å². The highest BCUT2D eigenvalue weighted by Crippen LogP contribution is 2.21. The van der Waals surface area contributed by atoms with Crippen LogP contribution in [0.5, 0.6) is 11.5 Å². The molecule has 0 aliphatic rings. The monoisotopic (exact) mass is 469 g/mol.